The molecule has 0 bridgehead atoms. The fourth-order valence-electron chi connectivity index (χ4n) is 2.26. The van der Waals surface area contributed by atoms with E-state index in [0.29, 0.717) is 30.4 Å². The number of carbonyl (C=O) groups is 2. The van der Waals surface area contributed by atoms with Crippen LogP contribution in [0.5, 0.6) is 0 Å². The molecule has 1 aromatic rings. The smallest absolute Gasteiger partial charge is 0.252 e. The van der Waals surface area contributed by atoms with E-state index >= 15 is 0 Å². The molecule has 1 aliphatic heterocycles. The second-order valence-electron chi connectivity index (χ2n) is 4.94. The van der Waals surface area contributed by atoms with Crippen molar-refractivity contribution in [3.8, 4) is 0 Å². The summed E-state index contributed by atoms with van der Waals surface area (Å²) in [5.41, 5.74) is 1.46. The Labute approximate surface area is 129 Å². The number of nitrogens with zero attached hydrogens (tertiary/aromatic N) is 1. The van der Waals surface area contributed by atoms with E-state index in [2.05, 4.69) is 5.32 Å². The first kappa shape index (κ1) is 15.8. The summed E-state index contributed by atoms with van der Waals surface area (Å²) >= 11 is 6.01. The second-order valence-corrected chi connectivity index (χ2v) is 5.35. The van der Waals surface area contributed by atoms with Gasteiger partial charge in [-0.15, -0.1) is 0 Å². The van der Waals surface area contributed by atoms with E-state index in [0.717, 1.165) is 5.56 Å². The van der Waals surface area contributed by atoms with E-state index in [1.807, 2.05) is 13.8 Å². The molecule has 0 aromatic heterocycles. The Kier molecular flexibility index (Phi) is 5.20. The number of hydrogen-bond donors (Lipinski definition) is 1. The summed E-state index contributed by atoms with van der Waals surface area (Å²) in [5.74, 6) is -0.376. The first-order chi connectivity index (χ1) is 10.0. The van der Waals surface area contributed by atoms with E-state index in [1.165, 1.54) is 0 Å². The maximum Gasteiger partial charge on any atom is 0.252 e. The molecule has 1 fully saturated rings. The number of nitrogens with one attached hydrogen (secondary N) is 1. The van der Waals surface area contributed by atoms with Gasteiger partial charge >= 0.3 is 0 Å². The largest absolute Gasteiger partial charge is 0.366 e. The van der Waals surface area contributed by atoms with Gasteiger partial charge in [0, 0.05) is 23.8 Å². The molecule has 1 atom stereocenters. The van der Waals surface area contributed by atoms with Crippen molar-refractivity contribution in [2.45, 2.75) is 26.4 Å². The quantitative estimate of drug-likeness (QED) is 0.927. The zero-order chi connectivity index (χ0) is 15.4. The highest BCUT2D eigenvalue weighted by atomic mass is 35.5. The fraction of sp³-hybridized carbons (Fsp3) is 0.467. The lowest BCUT2D eigenvalue weighted by Gasteiger charge is -2.31. The average molecular weight is 311 g/mol. The van der Waals surface area contributed by atoms with E-state index in [9.17, 15) is 9.59 Å². The maximum atomic E-state index is 12.1. The molecule has 0 aliphatic carbocycles. The summed E-state index contributed by atoms with van der Waals surface area (Å²) in [5, 5.41) is 3.37. The Morgan fingerprint density at radius 1 is 1.52 bits per heavy atom. The second kappa shape index (κ2) is 6.91. The Morgan fingerprint density at radius 3 is 3.00 bits per heavy atom. The van der Waals surface area contributed by atoms with Crippen LogP contribution in [0.4, 0.5) is 5.69 Å². The van der Waals surface area contributed by atoms with Gasteiger partial charge in [0.05, 0.1) is 13.0 Å². The molecule has 1 unspecified atom stereocenters. The third kappa shape index (κ3) is 3.74. The molecule has 1 aromatic carbocycles. The topological polar surface area (TPSA) is 58.6 Å². The van der Waals surface area contributed by atoms with Crippen molar-refractivity contribution in [3.63, 3.8) is 0 Å². The number of hydrogen-bond acceptors (Lipinski definition) is 3. The number of benzene rings is 1. The lowest BCUT2D eigenvalue weighted by Crippen LogP contribution is -2.48. The summed E-state index contributed by atoms with van der Waals surface area (Å²) in [4.78, 5) is 25.8. The molecule has 6 heteroatoms. The normalized spacial score (nSPS) is 18.7. The number of amides is 2. The average Bonchev–Trinajstić information content (AvgIpc) is 2.46. The minimum atomic E-state index is -0.696. The summed E-state index contributed by atoms with van der Waals surface area (Å²) in [6.45, 7) is 5.43. The van der Waals surface area contributed by atoms with Crippen LogP contribution in [-0.4, -0.2) is 42.5 Å². The molecular formula is C15H19ClN2O3. The van der Waals surface area contributed by atoms with Crippen LogP contribution in [-0.2, 0) is 14.3 Å². The van der Waals surface area contributed by atoms with Gasteiger partial charge in [-0.2, -0.15) is 0 Å². The number of carbonyl (C=O) groups excluding carboxylic acids is 2. The first-order valence-electron chi connectivity index (χ1n) is 6.98. The first-order valence-corrected chi connectivity index (χ1v) is 7.36. The van der Waals surface area contributed by atoms with Crippen molar-refractivity contribution in [2.24, 2.45) is 0 Å². The molecule has 2 rings (SSSR count). The van der Waals surface area contributed by atoms with E-state index in [4.69, 9.17) is 16.3 Å². The Balaban J connectivity index is 1.98. The van der Waals surface area contributed by atoms with Crippen molar-refractivity contribution in [1.82, 2.24) is 4.90 Å². The molecule has 1 N–H and O–H groups in total. The van der Waals surface area contributed by atoms with Crippen LogP contribution >= 0.6 is 11.6 Å². The highest BCUT2D eigenvalue weighted by Crippen LogP contribution is 2.23. The minimum Gasteiger partial charge on any atom is -0.366 e. The Hall–Kier alpha value is -1.59. The molecule has 2 amide bonds. The van der Waals surface area contributed by atoms with Crippen molar-refractivity contribution in [3.05, 3.63) is 28.8 Å². The fourth-order valence-corrected chi connectivity index (χ4v) is 2.44. The molecule has 5 nitrogen and oxygen atoms in total. The number of rotatable bonds is 4. The van der Waals surface area contributed by atoms with Gasteiger partial charge in [-0.05, 0) is 31.5 Å². The van der Waals surface area contributed by atoms with Crippen LogP contribution in [0, 0.1) is 6.92 Å². The number of likely N-dealkylation sites (N-methyl/N-ethyl adjacent to an activating group) is 1. The van der Waals surface area contributed by atoms with Gasteiger partial charge in [-0.1, -0.05) is 17.7 Å². The van der Waals surface area contributed by atoms with Gasteiger partial charge in [0.2, 0.25) is 5.91 Å². The molecule has 0 spiro atoms. The van der Waals surface area contributed by atoms with Crippen LogP contribution < -0.4 is 5.32 Å². The Morgan fingerprint density at radius 2 is 2.29 bits per heavy atom. The van der Waals surface area contributed by atoms with Crippen molar-refractivity contribution >= 4 is 29.1 Å². The van der Waals surface area contributed by atoms with E-state index < -0.39 is 6.10 Å². The summed E-state index contributed by atoms with van der Waals surface area (Å²) < 4.78 is 5.41. The van der Waals surface area contributed by atoms with Gasteiger partial charge in [0.15, 0.2) is 0 Å². The summed E-state index contributed by atoms with van der Waals surface area (Å²) in [6.07, 6.45) is -0.681. The molecule has 0 radical (unpaired) electrons. The monoisotopic (exact) mass is 310 g/mol. The lowest BCUT2D eigenvalue weighted by molar-refractivity contribution is -0.154. The molecule has 0 saturated carbocycles. The van der Waals surface area contributed by atoms with Crippen LogP contribution in [0.25, 0.3) is 0 Å². The molecular weight excluding hydrogens is 292 g/mol. The zero-order valence-corrected chi connectivity index (χ0v) is 12.9. The zero-order valence-electron chi connectivity index (χ0n) is 12.2. The summed E-state index contributed by atoms with van der Waals surface area (Å²) in [7, 11) is 0. The number of anilines is 1. The SMILES string of the molecule is CCN1CCOC(CC(=O)Nc2cccc(Cl)c2C)C1=O. The van der Waals surface area contributed by atoms with Gasteiger partial charge in [-0.3, -0.25) is 9.59 Å². The third-order valence-electron chi connectivity index (χ3n) is 3.56. The number of ether oxygens (including phenoxy) is 1. The maximum absolute atomic E-state index is 12.1. The predicted molar refractivity (Wildman–Crippen MR) is 81.4 cm³/mol. The van der Waals surface area contributed by atoms with Crippen molar-refractivity contribution in [1.29, 1.82) is 0 Å². The van der Waals surface area contributed by atoms with Gasteiger partial charge in [0.25, 0.3) is 5.91 Å². The Bertz CT molecular complexity index is 548. The van der Waals surface area contributed by atoms with E-state index in [-0.39, 0.29) is 18.2 Å². The number of halogens is 1. The number of morpholine rings is 1. The van der Waals surface area contributed by atoms with Gasteiger partial charge in [-0.25, -0.2) is 0 Å². The highest BCUT2D eigenvalue weighted by Gasteiger charge is 2.30. The highest BCUT2D eigenvalue weighted by molar-refractivity contribution is 6.31. The molecule has 1 saturated heterocycles. The van der Waals surface area contributed by atoms with Gasteiger partial charge in [0.1, 0.15) is 6.10 Å². The molecule has 114 valence electrons. The molecule has 1 heterocycles. The van der Waals surface area contributed by atoms with Crippen LogP contribution in [0.15, 0.2) is 18.2 Å². The van der Waals surface area contributed by atoms with Crippen molar-refractivity contribution in [2.75, 3.05) is 25.0 Å². The van der Waals surface area contributed by atoms with Crippen LogP contribution in [0.1, 0.15) is 18.9 Å². The predicted octanol–water partition coefficient (Wildman–Crippen LogP) is 2.22. The summed E-state index contributed by atoms with van der Waals surface area (Å²) in [6, 6.07) is 5.31. The van der Waals surface area contributed by atoms with E-state index in [1.54, 1.807) is 23.1 Å². The van der Waals surface area contributed by atoms with Gasteiger partial charge < -0.3 is 15.0 Å². The lowest BCUT2D eigenvalue weighted by atomic mass is 10.1. The molecule has 1 aliphatic rings. The minimum absolute atomic E-state index is 0.0152. The molecule has 21 heavy (non-hydrogen) atoms. The van der Waals surface area contributed by atoms with Crippen LogP contribution in [0.3, 0.4) is 0 Å². The van der Waals surface area contributed by atoms with Crippen molar-refractivity contribution < 1.29 is 14.3 Å². The third-order valence-corrected chi connectivity index (χ3v) is 3.97. The standard InChI is InChI=1S/C15H19ClN2O3/c1-3-18-7-8-21-13(15(18)20)9-14(19)17-12-6-4-5-11(16)10(12)2/h4-6,13H,3,7-9H2,1-2H3,(H,17,19). The van der Waals surface area contributed by atoms with Crippen LogP contribution in [0.2, 0.25) is 5.02 Å².